The molecule has 1 unspecified atom stereocenters. The van der Waals surface area contributed by atoms with Gasteiger partial charge < -0.3 is 24.3 Å². The van der Waals surface area contributed by atoms with Crippen molar-refractivity contribution in [3.05, 3.63) is 23.3 Å². The fraction of sp³-hybridized carbons (Fsp3) is 0.682. The Hall–Kier alpha value is -1.83. The molecule has 0 aromatic heterocycles. The second-order valence-corrected chi connectivity index (χ2v) is 8.06. The number of likely N-dealkylation sites (tertiary alicyclic amines) is 1. The van der Waals surface area contributed by atoms with E-state index in [-0.39, 0.29) is 24.2 Å². The Morgan fingerprint density at radius 3 is 2.62 bits per heavy atom. The number of carbonyl (C=O) groups is 1. The topological polar surface area (TPSA) is 69.3 Å². The fourth-order valence-corrected chi connectivity index (χ4v) is 4.54. The SMILES string of the molecule is COCC(=O)NCC1CCC2(CCN(Cc3ccc(OC)c(C)c3OC)CC2)O1. The molecule has 2 fully saturated rings. The number of rotatable bonds is 8. The van der Waals surface area contributed by atoms with E-state index in [1.807, 2.05) is 13.0 Å². The van der Waals surface area contributed by atoms with Crippen molar-refractivity contribution < 1.29 is 23.7 Å². The summed E-state index contributed by atoms with van der Waals surface area (Å²) in [6, 6.07) is 4.11. The van der Waals surface area contributed by atoms with Crippen molar-refractivity contribution >= 4 is 5.91 Å². The molecule has 29 heavy (non-hydrogen) atoms. The smallest absolute Gasteiger partial charge is 0.246 e. The van der Waals surface area contributed by atoms with Gasteiger partial charge in [0.15, 0.2) is 0 Å². The minimum atomic E-state index is -0.0874. The highest BCUT2D eigenvalue weighted by molar-refractivity contribution is 5.77. The molecule has 1 spiro atoms. The third kappa shape index (κ3) is 5.21. The van der Waals surface area contributed by atoms with Gasteiger partial charge in [0.25, 0.3) is 0 Å². The van der Waals surface area contributed by atoms with Crippen molar-refractivity contribution in [1.29, 1.82) is 0 Å². The quantitative estimate of drug-likeness (QED) is 0.714. The van der Waals surface area contributed by atoms with Crippen LogP contribution in [-0.4, -0.2) is 70.1 Å². The molecule has 0 bridgehead atoms. The van der Waals surface area contributed by atoms with Crippen molar-refractivity contribution in [1.82, 2.24) is 10.2 Å². The van der Waals surface area contributed by atoms with Gasteiger partial charge in [-0.25, -0.2) is 0 Å². The maximum absolute atomic E-state index is 11.6. The first-order valence-corrected chi connectivity index (χ1v) is 10.4. The van der Waals surface area contributed by atoms with Gasteiger partial charge in [0.1, 0.15) is 18.1 Å². The largest absolute Gasteiger partial charge is 0.496 e. The molecule has 1 aromatic rings. The molecule has 0 saturated carbocycles. The second kappa shape index (κ2) is 9.78. The zero-order valence-electron chi connectivity index (χ0n) is 18.1. The first-order chi connectivity index (χ1) is 14.0. The minimum absolute atomic E-state index is 0.0347. The van der Waals surface area contributed by atoms with E-state index in [1.165, 1.54) is 12.7 Å². The third-order valence-electron chi connectivity index (χ3n) is 6.16. The molecule has 2 saturated heterocycles. The molecule has 1 amide bonds. The van der Waals surface area contributed by atoms with E-state index in [2.05, 4.69) is 16.3 Å². The fourth-order valence-electron chi connectivity index (χ4n) is 4.54. The van der Waals surface area contributed by atoms with Gasteiger partial charge in [0.2, 0.25) is 5.91 Å². The molecule has 1 atom stereocenters. The summed E-state index contributed by atoms with van der Waals surface area (Å²) < 4.78 is 22.3. The number of hydrogen-bond donors (Lipinski definition) is 1. The highest BCUT2D eigenvalue weighted by atomic mass is 16.5. The van der Waals surface area contributed by atoms with Gasteiger partial charge >= 0.3 is 0 Å². The van der Waals surface area contributed by atoms with Crippen molar-refractivity contribution in [2.24, 2.45) is 0 Å². The second-order valence-electron chi connectivity index (χ2n) is 8.06. The summed E-state index contributed by atoms with van der Waals surface area (Å²) >= 11 is 0. The van der Waals surface area contributed by atoms with Gasteiger partial charge in [-0.1, -0.05) is 6.07 Å². The van der Waals surface area contributed by atoms with E-state index < -0.39 is 0 Å². The highest BCUT2D eigenvalue weighted by Gasteiger charge is 2.42. The van der Waals surface area contributed by atoms with Gasteiger partial charge in [-0.3, -0.25) is 9.69 Å². The molecule has 2 aliphatic heterocycles. The van der Waals surface area contributed by atoms with E-state index in [0.717, 1.165) is 62.4 Å². The van der Waals surface area contributed by atoms with Crippen LogP contribution in [0.1, 0.15) is 36.8 Å². The van der Waals surface area contributed by atoms with E-state index in [9.17, 15) is 4.79 Å². The molecule has 1 aromatic carbocycles. The molecule has 7 heteroatoms. The zero-order chi connectivity index (χ0) is 20.9. The normalized spacial score (nSPS) is 21.3. The zero-order valence-corrected chi connectivity index (χ0v) is 18.1. The predicted molar refractivity (Wildman–Crippen MR) is 111 cm³/mol. The Morgan fingerprint density at radius 1 is 1.21 bits per heavy atom. The standard InChI is InChI=1S/C22H34N2O5/c1-16-19(27-3)6-5-17(21(16)28-4)14-24-11-9-22(10-12-24)8-7-18(29-22)13-23-20(25)15-26-2/h5-6,18H,7-15H2,1-4H3,(H,23,25). The van der Waals surface area contributed by atoms with Crippen molar-refractivity contribution in [2.45, 2.75) is 50.9 Å². The number of nitrogens with one attached hydrogen (secondary N) is 1. The summed E-state index contributed by atoms with van der Waals surface area (Å²) in [5.41, 5.74) is 2.19. The van der Waals surface area contributed by atoms with Crippen LogP contribution in [0.5, 0.6) is 11.5 Å². The molecular weight excluding hydrogens is 372 g/mol. The predicted octanol–water partition coefficient (Wildman–Crippen LogP) is 2.29. The van der Waals surface area contributed by atoms with Crippen LogP contribution >= 0.6 is 0 Å². The Morgan fingerprint density at radius 2 is 1.97 bits per heavy atom. The monoisotopic (exact) mass is 406 g/mol. The Balaban J connectivity index is 1.51. The maximum Gasteiger partial charge on any atom is 0.246 e. The Labute approximate surface area is 173 Å². The number of amides is 1. The van der Waals surface area contributed by atoms with E-state index in [4.69, 9.17) is 18.9 Å². The highest BCUT2D eigenvalue weighted by Crippen LogP contribution is 2.39. The van der Waals surface area contributed by atoms with Crippen LogP contribution in [0, 0.1) is 6.92 Å². The van der Waals surface area contributed by atoms with Crippen molar-refractivity contribution in [2.75, 3.05) is 47.6 Å². The number of hydrogen-bond acceptors (Lipinski definition) is 6. The van der Waals surface area contributed by atoms with Crippen LogP contribution in [0.2, 0.25) is 0 Å². The number of benzene rings is 1. The Kier molecular flexibility index (Phi) is 7.38. The summed E-state index contributed by atoms with van der Waals surface area (Å²) in [6.45, 7) is 5.55. The molecule has 0 aliphatic carbocycles. The lowest BCUT2D eigenvalue weighted by Gasteiger charge is -2.39. The molecule has 0 radical (unpaired) electrons. The number of nitrogens with zero attached hydrogens (tertiary/aromatic N) is 1. The molecule has 7 nitrogen and oxygen atoms in total. The van der Waals surface area contributed by atoms with Crippen molar-refractivity contribution in [3.8, 4) is 11.5 Å². The van der Waals surface area contributed by atoms with E-state index in [1.54, 1.807) is 14.2 Å². The lowest BCUT2D eigenvalue weighted by atomic mass is 9.88. The summed E-state index contributed by atoms with van der Waals surface area (Å²) in [4.78, 5) is 14.0. The molecular formula is C22H34N2O5. The van der Waals surface area contributed by atoms with Crippen LogP contribution in [-0.2, 0) is 20.8 Å². The molecule has 3 rings (SSSR count). The van der Waals surface area contributed by atoms with Gasteiger partial charge in [-0.15, -0.1) is 0 Å². The first kappa shape index (κ1) is 21.9. The van der Waals surface area contributed by atoms with Crippen molar-refractivity contribution in [3.63, 3.8) is 0 Å². The number of ether oxygens (including phenoxy) is 4. The molecule has 162 valence electrons. The number of methoxy groups -OCH3 is 3. The summed E-state index contributed by atoms with van der Waals surface area (Å²) in [5.74, 6) is 1.68. The van der Waals surface area contributed by atoms with Gasteiger partial charge in [0, 0.05) is 44.4 Å². The van der Waals surface area contributed by atoms with Crippen LogP contribution in [0.25, 0.3) is 0 Å². The first-order valence-electron chi connectivity index (χ1n) is 10.4. The van der Waals surface area contributed by atoms with Crippen LogP contribution in [0.4, 0.5) is 0 Å². The third-order valence-corrected chi connectivity index (χ3v) is 6.16. The van der Waals surface area contributed by atoms with E-state index >= 15 is 0 Å². The Bertz CT molecular complexity index is 701. The van der Waals surface area contributed by atoms with Crippen LogP contribution < -0.4 is 14.8 Å². The summed E-state index contributed by atoms with van der Waals surface area (Å²) in [5, 5.41) is 2.89. The maximum atomic E-state index is 11.6. The molecule has 2 aliphatic rings. The summed E-state index contributed by atoms with van der Waals surface area (Å²) in [6.07, 6.45) is 4.21. The van der Waals surface area contributed by atoms with Gasteiger partial charge in [-0.05, 0) is 38.7 Å². The molecule has 2 heterocycles. The lowest BCUT2D eigenvalue weighted by molar-refractivity contribution is -0.126. The number of piperidine rings is 1. The lowest BCUT2D eigenvalue weighted by Crippen LogP contribution is -2.45. The minimum Gasteiger partial charge on any atom is -0.496 e. The van der Waals surface area contributed by atoms with Crippen LogP contribution in [0.3, 0.4) is 0 Å². The van der Waals surface area contributed by atoms with E-state index in [0.29, 0.717) is 6.54 Å². The molecule has 1 N–H and O–H groups in total. The summed E-state index contributed by atoms with van der Waals surface area (Å²) in [7, 11) is 4.93. The van der Waals surface area contributed by atoms with Gasteiger partial charge in [0.05, 0.1) is 25.9 Å². The van der Waals surface area contributed by atoms with Gasteiger partial charge in [-0.2, -0.15) is 0 Å². The number of carbonyl (C=O) groups excluding carboxylic acids is 1. The average Bonchev–Trinajstić information content (AvgIpc) is 3.12. The average molecular weight is 407 g/mol. The van der Waals surface area contributed by atoms with Crippen LogP contribution in [0.15, 0.2) is 12.1 Å².